The van der Waals surface area contributed by atoms with Crippen LogP contribution in [0.3, 0.4) is 0 Å². The first-order chi connectivity index (χ1) is 9.10. The number of ether oxygens (including phenoxy) is 1. The summed E-state index contributed by atoms with van der Waals surface area (Å²) in [6.07, 6.45) is 2.97. The van der Waals surface area contributed by atoms with Crippen LogP contribution in [0.15, 0.2) is 24.5 Å². The van der Waals surface area contributed by atoms with Crippen molar-refractivity contribution in [3.8, 4) is 0 Å². The summed E-state index contributed by atoms with van der Waals surface area (Å²) in [6.45, 7) is 1.90. The van der Waals surface area contributed by atoms with E-state index in [4.69, 9.17) is 0 Å². The van der Waals surface area contributed by atoms with Crippen molar-refractivity contribution in [3.05, 3.63) is 40.7 Å². The van der Waals surface area contributed by atoms with Crippen LogP contribution in [0.2, 0.25) is 0 Å². The van der Waals surface area contributed by atoms with Gasteiger partial charge in [-0.15, -0.1) is 11.3 Å². The summed E-state index contributed by atoms with van der Waals surface area (Å²) >= 11 is 1.38. The number of aryl methyl sites for hydroxylation is 1. The number of rotatable bonds is 3. The standard InChI is InChI=1S/C12H11N3O3S/c1-7-5-14-12(19-7)15-10(16)9-4-3-8(6-13-9)11(17)18-2/h3-6H,1-2H3,(H,14,15,16). The number of aromatic nitrogens is 2. The van der Waals surface area contributed by atoms with Crippen LogP contribution < -0.4 is 5.32 Å². The molecule has 1 amide bonds. The summed E-state index contributed by atoms with van der Waals surface area (Å²) in [7, 11) is 1.29. The Kier molecular flexibility index (Phi) is 3.86. The average molecular weight is 277 g/mol. The van der Waals surface area contributed by atoms with Crippen molar-refractivity contribution in [2.45, 2.75) is 6.92 Å². The van der Waals surface area contributed by atoms with E-state index in [1.54, 1.807) is 6.20 Å². The Morgan fingerprint density at radius 1 is 1.26 bits per heavy atom. The molecular formula is C12H11N3O3S. The molecule has 98 valence electrons. The van der Waals surface area contributed by atoms with Crippen LogP contribution in [-0.4, -0.2) is 29.0 Å². The lowest BCUT2D eigenvalue weighted by molar-refractivity contribution is 0.0600. The molecule has 2 aromatic rings. The van der Waals surface area contributed by atoms with Gasteiger partial charge in [0.1, 0.15) is 5.69 Å². The highest BCUT2D eigenvalue weighted by Crippen LogP contribution is 2.17. The maximum absolute atomic E-state index is 11.9. The van der Waals surface area contributed by atoms with Crippen molar-refractivity contribution < 1.29 is 14.3 Å². The first-order valence-corrected chi connectivity index (χ1v) is 6.20. The molecule has 0 radical (unpaired) electrons. The number of thiazole rings is 1. The summed E-state index contributed by atoms with van der Waals surface area (Å²) in [5.74, 6) is -0.860. The van der Waals surface area contributed by atoms with Crippen molar-refractivity contribution in [1.29, 1.82) is 0 Å². The second-order valence-corrected chi connectivity index (χ2v) is 4.89. The average Bonchev–Trinajstić information content (AvgIpc) is 2.83. The Morgan fingerprint density at radius 2 is 2.05 bits per heavy atom. The summed E-state index contributed by atoms with van der Waals surface area (Å²) < 4.78 is 4.55. The predicted octanol–water partition coefficient (Wildman–Crippen LogP) is 1.89. The van der Waals surface area contributed by atoms with E-state index in [1.807, 2.05) is 6.92 Å². The highest BCUT2D eigenvalue weighted by molar-refractivity contribution is 7.15. The predicted molar refractivity (Wildman–Crippen MR) is 70.4 cm³/mol. The Morgan fingerprint density at radius 3 is 2.58 bits per heavy atom. The molecule has 19 heavy (non-hydrogen) atoms. The second kappa shape index (κ2) is 5.57. The topological polar surface area (TPSA) is 81.2 Å². The summed E-state index contributed by atoms with van der Waals surface area (Å²) in [5, 5.41) is 3.15. The van der Waals surface area contributed by atoms with Gasteiger partial charge in [-0.25, -0.2) is 9.78 Å². The van der Waals surface area contributed by atoms with E-state index >= 15 is 0 Å². The molecule has 7 heteroatoms. The van der Waals surface area contributed by atoms with Gasteiger partial charge in [0.25, 0.3) is 5.91 Å². The number of pyridine rings is 1. The normalized spacial score (nSPS) is 10.0. The number of nitrogens with zero attached hydrogens (tertiary/aromatic N) is 2. The van der Waals surface area contributed by atoms with E-state index in [2.05, 4.69) is 20.0 Å². The molecule has 0 spiro atoms. The first-order valence-electron chi connectivity index (χ1n) is 5.38. The largest absolute Gasteiger partial charge is 0.465 e. The smallest absolute Gasteiger partial charge is 0.339 e. The monoisotopic (exact) mass is 277 g/mol. The van der Waals surface area contributed by atoms with Crippen molar-refractivity contribution in [2.75, 3.05) is 12.4 Å². The molecule has 0 unspecified atom stereocenters. The van der Waals surface area contributed by atoms with Crippen LogP contribution in [-0.2, 0) is 4.74 Å². The SMILES string of the molecule is COC(=O)c1ccc(C(=O)Nc2ncc(C)s2)nc1. The molecular weight excluding hydrogens is 266 g/mol. The lowest BCUT2D eigenvalue weighted by atomic mass is 10.2. The molecule has 0 bridgehead atoms. The molecule has 0 aliphatic heterocycles. The third kappa shape index (κ3) is 3.14. The summed E-state index contributed by atoms with van der Waals surface area (Å²) in [4.78, 5) is 32.0. The number of carbonyl (C=O) groups excluding carboxylic acids is 2. The van der Waals surface area contributed by atoms with E-state index in [-0.39, 0.29) is 11.6 Å². The molecule has 0 saturated heterocycles. The highest BCUT2D eigenvalue weighted by Gasteiger charge is 2.11. The van der Waals surface area contributed by atoms with Crippen LogP contribution in [0, 0.1) is 6.92 Å². The van der Waals surface area contributed by atoms with E-state index in [0.29, 0.717) is 10.7 Å². The van der Waals surface area contributed by atoms with Gasteiger partial charge < -0.3 is 4.74 Å². The van der Waals surface area contributed by atoms with Crippen LogP contribution in [0.5, 0.6) is 0 Å². The number of carbonyl (C=O) groups is 2. The second-order valence-electron chi connectivity index (χ2n) is 3.65. The Bertz CT molecular complexity index is 607. The molecule has 0 aliphatic rings. The number of esters is 1. The minimum absolute atomic E-state index is 0.209. The number of hydrogen-bond donors (Lipinski definition) is 1. The molecule has 0 atom stereocenters. The van der Waals surface area contributed by atoms with Crippen molar-refractivity contribution in [1.82, 2.24) is 9.97 Å². The van der Waals surface area contributed by atoms with Gasteiger partial charge in [-0.2, -0.15) is 0 Å². The minimum atomic E-state index is -0.491. The molecule has 0 saturated carbocycles. The number of nitrogens with one attached hydrogen (secondary N) is 1. The minimum Gasteiger partial charge on any atom is -0.465 e. The fraction of sp³-hybridized carbons (Fsp3) is 0.167. The number of anilines is 1. The van der Waals surface area contributed by atoms with Gasteiger partial charge in [0.15, 0.2) is 5.13 Å². The van der Waals surface area contributed by atoms with E-state index in [9.17, 15) is 9.59 Å². The zero-order chi connectivity index (χ0) is 13.8. The Labute approximate surface area is 113 Å². The van der Waals surface area contributed by atoms with Gasteiger partial charge in [0, 0.05) is 17.3 Å². The van der Waals surface area contributed by atoms with Crippen molar-refractivity contribution in [3.63, 3.8) is 0 Å². The highest BCUT2D eigenvalue weighted by atomic mass is 32.1. The summed E-state index contributed by atoms with van der Waals surface area (Å²) in [5.41, 5.74) is 0.504. The molecule has 2 aromatic heterocycles. The zero-order valence-electron chi connectivity index (χ0n) is 10.3. The quantitative estimate of drug-likeness (QED) is 0.866. The third-order valence-electron chi connectivity index (χ3n) is 2.26. The number of methoxy groups -OCH3 is 1. The van der Waals surface area contributed by atoms with Crippen LogP contribution >= 0.6 is 11.3 Å². The Balaban J connectivity index is 2.09. The van der Waals surface area contributed by atoms with Crippen molar-refractivity contribution in [2.24, 2.45) is 0 Å². The molecule has 1 N–H and O–H groups in total. The molecule has 0 aromatic carbocycles. The van der Waals surface area contributed by atoms with Crippen LogP contribution in [0.25, 0.3) is 0 Å². The maximum atomic E-state index is 11.9. The van der Waals surface area contributed by atoms with Gasteiger partial charge in [0.2, 0.25) is 0 Å². The van der Waals surface area contributed by atoms with Crippen molar-refractivity contribution >= 4 is 28.3 Å². The van der Waals surface area contributed by atoms with E-state index in [1.165, 1.54) is 36.8 Å². The molecule has 2 heterocycles. The molecule has 2 rings (SSSR count). The molecule has 0 aliphatic carbocycles. The van der Waals surface area contributed by atoms with Gasteiger partial charge in [0.05, 0.1) is 12.7 Å². The van der Waals surface area contributed by atoms with Gasteiger partial charge >= 0.3 is 5.97 Å². The van der Waals surface area contributed by atoms with E-state index in [0.717, 1.165) is 4.88 Å². The lowest BCUT2D eigenvalue weighted by Gasteiger charge is -2.02. The number of amides is 1. The van der Waals surface area contributed by atoms with E-state index < -0.39 is 5.97 Å². The zero-order valence-corrected chi connectivity index (χ0v) is 11.2. The maximum Gasteiger partial charge on any atom is 0.339 e. The van der Waals surface area contributed by atoms with Gasteiger partial charge in [-0.1, -0.05) is 0 Å². The van der Waals surface area contributed by atoms with Gasteiger partial charge in [-0.3, -0.25) is 15.1 Å². The molecule has 6 nitrogen and oxygen atoms in total. The third-order valence-corrected chi connectivity index (χ3v) is 3.09. The summed E-state index contributed by atoms with van der Waals surface area (Å²) in [6, 6.07) is 2.95. The van der Waals surface area contributed by atoms with Crippen LogP contribution in [0.1, 0.15) is 25.7 Å². The van der Waals surface area contributed by atoms with Gasteiger partial charge in [-0.05, 0) is 19.1 Å². The fourth-order valence-electron chi connectivity index (χ4n) is 1.34. The fourth-order valence-corrected chi connectivity index (χ4v) is 2.00. The Hall–Kier alpha value is -2.28. The first kappa shape index (κ1) is 13.2. The lowest BCUT2D eigenvalue weighted by Crippen LogP contribution is -2.14. The number of hydrogen-bond acceptors (Lipinski definition) is 6. The van der Waals surface area contributed by atoms with Crippen LogP contribution in [0.4, 0.5) is 5.13 Å². The molecule has 0 fully saturated rings.